The van der Waals surface area contributed by atoms with Gasteiger partial charge in [-0.25, -0.2) is 4.98 Å². The Morgan fingerprint density at radius 3 is 2.07 bits per heavy atom. The summed E-state index contributed by atoms with van der Waals surface area (Å²) in [6.07, 6.45) is 18.9. The number of nitrogens with one attached hydrogen (secondary N) is 3. The van der Waals surface area contributed by atoms with Crippen molar-refractivity contribution in [2.24, 2.45) is 9.98 Å². The van der Waals surface area contributed by atoms with Gasteiger partial charge in [-0.2, -0.15) is 0 Å². The summed E-state index contributed by atoms with van der Waals surface area (Å²) < 4.78 is 2.16. The van der Waals surface area contributed by atoms with Gasteiger partial charge in [0.2, 0.25) is 0 Å². The van der Waals surface area contributed by atoms with E-state index in [2.05, 4.69) is 158 Å². The first-order valence-corrected chi connectivity index (χ1v) is 20.8. The fourth-order valence-corrected chi connectivity index (χ4v) is 9.30. The lowest BCUT2D eigenvalue weighted by Crippen LogP contribution is -2.05. The van der Waals surface area contributed by atoms with Crippen molar-refractivity contribution in [2.75, 3.05) is 5.32 Å². The van der Waals surface area contributed by atoms with Crippen LogP contribution >= 0.6 is 11.6 Å². The third-order valence-corrected chi connectivity index (χ3v) is 12.3. The number of rotatable bonds is 2. The smallest absolute Gasteiger partial charge is 0.137 e. The minimum atomic E-state index is 0.276. The van der Waals surface area contributed by atoms with Crippen molar-refractivity contribution in [1.29, 1.82) is 0 Å². The van der Waals surface area contributed by atoms with Crippen LogP contribution in [0, 0.1) is 0 Å². The molecule has 61 heavy (non-hydrogen) atoms. The zero-order valence-corrected chi connectivity index (χ0v) is 33.5. The molecule has 4 aliphatic rings. The second kappa shape index (κ2) is 14.2. The zero-order chi connectivity index (χ0) is 40.4. The molecule has 0 fully saturated rings. The lowest BCUT2D eigenvalue weighted by Gasteiger charge is -2.13. The van der Waals surface area contributed by atoms with E-state index in [0.29, 0.717) is 5.92 Å². The minimum absolute atomic E-state index is 0.276. The minimum Gasteiger partial charge on any atom is -0.354 e. The number of fused-ring (bicyclic) bond motifs is 16. The highest BCUT2D eigenvalue weighted by Crippen LogP contribution is 2.43. The molecule has 3 N–H and O–H groups in total. The van der Waals surface area contributed by atoms with E-state index in [1.165, 1.54) is 54.7 Å². The lowest BCUT2D eigenvalue weighted by molar-refractivity contribution is 1.18. The SMILES string of the molecule is C1=CC2=Nc3cc4c(cc3C2C=C1)[nH]c1ccccc14.Clc1ccccc1Nc1ccc2c(c1)C1C=CC=CC1=N2.c1ccc2c(c1)[nH]c1ccc3nc4ccccn4c3c12. The number of anilines is 2. The fraction of sp³-hybridized carbons (Fsp3) is 0.0377. The Morgan fingerprint density at radius 1 is 0.557 bits per heavy atom. The Bertz CT molecular complexity index is 3520. The standard InChI is InChI=1S/C18H13ClN2.C18H12N2.C17H11N3/c19-15-6-2-4-8-18(15)20-12-9-10-17-14(11-12)13-5-1-3-7-16(13)21-17;1-3-7-15-11(5-1)13-9-18-14(10-17(13)19-15)12-6-2-4-8-16(12)20-18;1-2-6-12-11(5-1)16-13(18-12)8-9-14-17(16)20-10-4-3-7-15(20)19-14/h1-11,13,20H;1-11,20H;1-10,18H. The molecule has 6 aromatic carbocycles. The predicted molar refractivity (Wildman–Crippen MR) is 255 cm³/mol. The van der Waals surface area contributed by atoms with Crippen LogP contribution in [0.3, 0.4) is 0 Å². The van der Waals surface area contributed by atoms with Gasteiger partial charge < -0.3 is 15.3 Å². The molecule has 0 spiro atoms. The van der Waals surface area contributed by atoms with Gasteiger partial charge >= 0.3 is 0 Å². The van der Waals surface area contributed by atoms with Crippen molar-refractivity contribution >= 4 is 106 Å². The van der Waals surface area contributed by atoms with Crippen LogP contribution in [0.2, 0.25) is 5.02 Å². The molecule has 0 bridgehead atoms. The largest absolute Gasteiger partial charge is 0.354 e. The third-order valence-electron chi connectivity index (χ3n) is 11.9. The monoisotopic (exact) mass is 805 g/mol. The Morgan fingerprint density at radius 2 is 1.25 bits per heavy atom. The van der Waals surface area contributed by atoms with Crippen LogP contribution in [0.15, 0.2) is 198 Å². The number of hydrogen-bond donors (Lipinski definition) is 3. The number of nitrogens with zero attached hydrogens (tertiary/aromatic N) is 4. The average molecular weight is 806 g/mol. The maximum absolute atomic E-state index is 6.20. The van der Waals surface area contributed by atoms with E-state index in [0.717, 1.165) is 55.9 Å². The highest BCUT2D eigenvalue weighted by Gasteiger charge is 2.26. The van der Waals surface area contributed by atoms with E-state index < -0.39 is 0 Å². The van der Waals surface area contributed by atoms with Crippen molar-refractivity contribution in [1.82, 2.24) is 19.4 Å². The van der Waals surface area contributed by atoms with E-state index in [1.54, 1.807) is 0 Å². The van der Waals surface area contributed by atoms with Gasteiger partial charge in [0.15, 0.2) is 0 Å². The quantitative estimate of drug-likeness (QED) is 0.162. The van der Waals surface area contributed by atoms with Crippen LogP contribution in [-0.2, 0) is 0 Å². The summed E-state index contributed by atoms with van der Waals surface area (Å²) in [5, 5.41) is 9.12. The molecular formula is C53H36ClN7. The van der Waals surface area contributed by atoms with Gasteiger partial charge in [0, 0.05) is 67.3 Å². The summed E-state index contributed by atoms with van der Waals surface area (Å²) in [5.41, 5.74) is 16.8. The summed E-state index contributed by atoms with van der Waals surface area (Å²) >= 11 is 6.20. The first kappa shape index (κ1) is 35.2. The maximum atomic E-state index is 6.20. The van der Waals surface area contributed by atoms with Gasteiger partial charge in [0.25, 0.3) is 0 Å². The van der Waals surface area contributed by atoms with Crippen molar-refractivity contribution in [2.45, 2.75) is 11.8 Å². The summed E-state index contributed by atoms with van der Waals surface area (Å²) in [7, 11) is 0. The van der Waals surface area contributed by atoms with Gasteiger partial charge in [-0.1, -0.05) is 103 Å². The van der Waals surface area contributed by atoms with Crippen LogP contribution in [0.5, 0.6) is 0 Å². The van der Waals surface area contributed by atoms with Crippen LogP contribution in [0.25, 0.3) is 60.3 Å². The molecule has 0 radical (unpaired) electrons. The number of allylic oxidation sites excluding steroid dienone is 8. The fourth-order valence-electron chi connectivity index (χ4n) is 9.12. The molecular weight excluding hydrogens is 770 g/mol. The summed E-state index contributed by atoms with van der Waals surface area (Å²) in [5.74, 6) is 0.601. The van der Waals surface area contributed by atoms with E-state index in [4.69, 9.17) is 21.6 Å². The molecule has 14 rings (SSSR count). The van der Waals surface area contributed by atoms with Crippen LogP contribution in [-0.4, -0.2) is 30.8 Å². The molecule has 4 aromatic heterocycles. The normalized spacial score (nSPS) is 16.5. The molecule has 8 heteroatoms. The molecule has 290 valence electrons. The second-order valence-electron chi connectivity index (χ2n) is 15.6. The van der Waals surface area contributed by atoms with Gasteiger partial charge in [0.05, 0.1) is 44.5 Å². The lowest BCUT2D eigenvalue weighted by atomic mass is 9.92. The molecule has 6 heterocycles. The van der Waals surface area contributed by atoms with Gasteiger partial charge in [-0.15, -0.1) is 0 Å². The molecule has 10 aromatic rings. The summed E-state index contributed by atoms with van der Waals surface area (Å²) in [6, 6.07) is 45.6. The van der Waals surface area contributed by atoms with Gasteiger partial charge in [0.1, 0.15) is 5.65 Å². The molecule has 0 saturated carbocycles. The molecule has 2 aliphatic carbocycles. The Kier molecular flexibility index (Phi) is 8.21. The number of aliphatic imine (C=N–C) groups is 2. The molecule has 0 saturated heterocycles. The predicted octanol–water partition coefficient (Wildman–Crippen LogP) is 14.1. The van der Waals surface area contributed by atoms with Crippen molar-refractivity contribution in [3.05, 3.63) is 204 Å². The Balaban J connectivity index is 0.0000000981. The maximum Gasteiger partial charge on any atom is 0.137 e. The van der Waals surface area contributed by atoms with E-state index >= 15 is 0 Å². The van der Waals surface area contributed by atoms with Crippen LogP contribution in [0.4, 0.5) is 22.7 Å². The topological polar surface area (TPSA) is 85.6 Å². The number of aromatic amines is 2. The van der Waals surface area contributed by atoms with E-state index in [-0.39, 0.29) is 5.92 Å². The highest BCUT2D eigenvalue weighted by atomic mass is 35.5. The number of aromatic nitrogens is 4. The Labute approximate surface area is 355 Å². The zero-order valence-electron chi connectivity index (χ0n) is 32.7. The van der Waals surface area contributed by atoms with Crippen molar-refractivity contribution < 1.29 is 0 Å². The molecule has 2 atom stereocenters. The number of imidazole rings is 1. The van der Waals surface area contributed by atoms with Gasteiger partial charge in [-0.05, 0) is 102 Å². The second-order valence-corrected chi connectivity index (χ2v) is 16.0. The number of pyridine rings is 1. The molecule has 2 aliphatic heterocycles. The number of H-pyrrole nitrogens is 2. The molecule has 0 amide bonds. The number of benzene rings is 6. The van der Waals surface area contributed by atoms with Crippen LogP contribution < -0.4 is 5.32 Å². The molecule has 2 unspecified atom stereocenters. The Hall–Kier alpha value is -7.74. The third kappa shape index (κ3) is 6.01. The summed E-state index contributed by atoms with van der Waals surface area (Å²) in [4.78, 5) is 21.1. The van der Waals surface area contributed by atoms with Crippen molar-refractivity contribution in [3.63, 3.8) is 0 Å². The van der Waals surface area contributed by atoms with Crippen LogP contribution in [0.1, 0.15) is 23.0 Å². The van der Waals surface area contributed by atoms with Crippen molar-refractivity contribution in [3.8, 4) is 0 Å². The first-order chi connectivity index (χ1) is 30.1. The molecule has 7 nitrogen and oxygen atoms in total. The summed E-state index contributed by atoms with van der Waals surface area (Å²) in [6.45, 7) is 0. The van der Waals surface area contributed by atoms with Gasteiger partial charge in [-0.3, -0.25) is 14.4 Å². The number of para-hydroxylation sites is 3. The highest BCUT2D eigenvalue weighted by molar-refractivity contribution is 6.33. The first-order valence-electron chi connectivity index (χ1n) is 20.5. The number of halogens is 1. The van der Waals surface area contributed by atoms with E-state index in [1.807, 2.05) is 54.6 Å². The average Bonchev–Trinajstić information content (AvgIpc) is 4.12. The van der Waals surface area contributed by atoms with E-state index in [9.17, 15) is 0 Å². The number of hydrogen-bond acceptors (Lipinski definition) is 4.